The van der Waals surface area contributed by atoms with E-state index in [9.17, 15) is 4.79 Å². The Morgan fingerprint density at radius 3 is 2.50 bits per heavy atom. The Labute approximate surface area is 143 Å². The lowest BCUT2D eigenvalue weighted by molar-refractivity contribution is -0.138. The van der Waals surface area contributed by atoms with Crippen LogP contribution in [0.4, 0.5) is 0 Å². The Bertz CT molecular complexity index is 667. The van der Waals surface area contributed by atoms with Crippen molar-refractivity contribution in [1.82, 2.24) is 4.90 Å². The fourth-order valence-electron chi connectivity index (χ4n) is 2.56. The van der Waals surface area contributed by atoms with E-state index < -0.39 is 5.97 Å². The van der Waals surface area contributed by atoms with Gasteiger partial charge < -0.3 is 9.84 Å². The summed E-state index contributed by atoms with van der Waals surface area (Å²) in [5, 5.41) is 8.85. The number of carbonyl (C=O) groups is 1. The highest BCUT2D eigenvalue weighted by Crippen LogP contribution is 2.16. The van der Waals surface area contributed by atoms with E-state index in [0.717, 1.165) is 17.7 Å². The van der Waals surface area contributed by atoms with E-state index in [2.05, 4.69) is 25.1 Å². The Balaban J connectivity index is 1.87. The highest BCUT2D eigenvalue weighted by Gasteiger charge is 2.12. The van der Waals surface area contributed by atoms with Crippen LogP contribution in [0.3, 0.4) is 0 Å². The normalized spacial score (nSPS) is 12.2. The van der Waals surface area contributed by atoms with Crippen LogP contribution in [0.25, 0.3) is 0 Å². The number of rotatable bonds is 8. The van der Waals surface area contributed by atoms with Crippen LogP contribution in [0.2, 0.25) is 0 Å². The second kappa shape index (κ2) is 8.50. The van der Waals surface area contributed by atoms with Gasteiger partial charge in [0.25, 0.3) is 0 Å². The van der Waals surface area contributed by atoms with Gasteiger partial charge in [0, 0.05) is 6.04 Å². The largest absolute Gasteiger partial charge is 0.489 e. The summed E-state index contributed by atoms with van der Waals surface area (Å²) in [6.45, 7) is 4.71. The first-order valence-electron chi connectivity index (χ1n) is 8.13. The number of carboxylic acid groups (broad SMARTS) is 1. The van der Waals surface area contributed by atoms with Gasteiger partial charge in [-0.3, -0.25) is 9.69 Å². The van der Waals surface area contributed by atoms with E-state index in [4.69, 9.17) is 9.84 Å². The van der Waals surface area contributed by atoms with Gasteiger partial charge in [-0.1, -0.05) is 42.0 Å². The number of hydrogen-bond donors (Lipinski definition) is 1. The molecule has 24 heavy (non-hydrogen) atoms. The van der Waals surface area contributed by atoms with Gasteiger partial charge in [0.05, 0.1) is 6.54 Å². The molecule has 0 aliphatic carbocycles. The maximum atomic E-state index is 10.8. The molecule has 2 aromatic carbocycles. The summed E-state index contributed by atoms with van der Waals surface area (Å²) in [4.78, 5) is 12.6. The molecule has 4 nitrogen and oxygen atoms in total. The lowest BCUT2D eigenvalue weighted by atomic mass is 10.1. The Morgan fingerprint density at radius 1 is 1.17 bits per heavy atom. The van der Waals surface area contributed by atoms with Gasteiger partial charge in [0.15, 0.2) is 0 Å². The van der Waals surface area contributed by atoms with Crippen molar-refractivity contribution in [2.45, 2.75) is 32.9 Å². The van der Waals surface area contributed by atoms with Gasteiger partial charge >= 0.3 is 5.97 Å². The summed E-state index contributed by atoms with van der Waals surface area (Å²) in [6, 6.07) is 16.5. The molecule has 0 aromatic heterocycles. The number of ether oxygens (including phenoxy) is 1. The van der Waals surface area contributed by atoms with Crippen LogP contribution in [0.15, 0.2) is 48.5 Å². The predicted molar refractivity (Wildman–Crippen MR) is 95.4 cm³/mol. The zero-order valence-corrected chi connectivity index (χ0v) is 14.5. The zero-order chi connectivity index (χ0) is 17.5. The van der Waals surface area contributed by atoms with Crippen LogP contribution in [0.1, 0.15) is 23.6 Å². The summed E-state index contributed by atoms with van der Waals surface area (Å²) in [6.07, 6.45) is 0.807. The van der Waals surface area contributed by atoms with E-state index in [-0.39, 0.29) is 12.6 Å². The lowest BCUT2D eigenvalue weighted by Gasteiger charge is -2.22. The van der Waals surface area contributed by atoms with Gasteiger partial charge in [-0.25, -0.2) is 0 Å². The molecule has 4 heteroatoms. The number of nitrogens with zero attached hydrogens (tertiary/aromatic N) is 1. The Hall–Kier alpha value is -2.33. The smallest absolute Gasteiger partial charge is 0.317 e. The first-order valence-corrected chi connectivity index (χ1v) is 8.13. The molecule has 1 atom stereocenters. The molecule has 0 heterocycles. The molecule has 0 aliphatic rings. The molecule has 128 valence electrons. The van der Waals surface area contributed by atoms with Crippen LogP contribution < -0.4 is 4.74 Å². The maximum absolute atomic E-state index is 10.8. The lowest BCUT2D eigenvalue weighted by Crippen LogP contribution is -2.35. The molecule has 1 N–H and O–H groups in total. The second-order valence-electron chi connectivity index (χ2n) is 6.28. The topological polar surface area (TPSA) is 49.8 Å². The van der Waals surface area contributed by atoms with Crippen LogP contribution in [0.5, 0.6) is 5.75 Å². The van der Waals surface area contributed by atoms with Gasteiger partial charge in [-0.15, -0.1) is 0 Å². The molecule has 0 spiro atoms. The second-order valence-corrected chi connectivity index (χ2v) is 6.28. The standard InChI is InChI=1S/C20H25NO3/c1-15-5-4-6-18(11-15)14-24-19-9-7-17(8-10-19)12-16(2)21(3)13-20(22)23/h4-11,16H,12-14H2,1-3H3,(H,22,23)/t16-/m1/s1. The highest BCUT2D eigenvalue weighted by molar-refractivity contribution is 5.69. The number of aliphatic carboxylic acids is 1. The van der Waals surface area contributed by atoms with Crippen molar-refractivity contribution in [3.8, 4) is 5.75 Å². The number of benzene rings is 2. The van der Waals surface area contributed by atoms with E-state index in [1.54, 1.807) is 0 Å². The van der Waals surface area contributed by atoms with Crippen molar-refractivity contribution in [1.29, 1.82) is 0 Å². The highest BCUT2D eigenvalue weighted by atomic mass is 16.5. The van der Waals surface area contributed by atoms with Crippen LogP contribution in [-0.4, -0.2) is 35.6 Å². The number of hydrogen-bond acceptors (Lipinski definition) is 3. The molecule has 0 aliphatic heterocycles. The predicted octanol–water partition coefficient (Wildman–Crippen LogP) is 3.52. The molecule has 0 bridgehead atoms. The third kappa shape index (κ3) is 5.70. The quantitative estimate of drug-likeness (QED) is 0.806. The number of aryl methyl sites for hydroxylation is 1. The number of likely N-dealkylation sites (N-methyl/N-ethyl adjacent to an activating group) is 1. The SMILES string of the molecule is Cc1cccc(COc2ccc(C[C@@H](C)N(C)CC(=O)O)cc2)c1. The maximum Gasteiger partial charge on any atom is 0.317 e. The average Bonchev–Trinajstić information content (AvgIpc) is 2.53. The van der Waals surface area contributed by atoms with Crippen molar-refractivity contribution in [2.24, 2.45) is 0 Å². The van der Waals surface area contributed by atoms with Crippen molar-refractivity contribution >= 4 is 5.97 Å². The van der Waals surface area contributed by atoms with Gasteiger partial charge in [0.2, 0.25) is 0 Å². The Morgan fingerprint density at radius 2 is 1.88 bits per heavy atom. The molecule has 0 unspecified atom stereocenters. The minimum absolute atomic E-state index is 0.0544. The summed E-state index contributed by atoms with van der Waals surface area (Å²) in [5.74, 6) is 0.0380. The first-order chi connectivity index (χ1) is 11.4. The summed E-state index contributed by atoms with van der Waals surface area (Å²) in [5.41, 5.74) is 3.55. The molecule has 0 fully saturated rings. The first kappa shape index (κ1) is 18.0. The van der Waals surface area contributed by atoms with Gasteiger partial charge in [0.1, 0.15) is 12.4 Å². The van der Waals surface area contributed by atoms with E-state index in [0.29, 0.717) is 6.61 Å². The van der Waals surface area contributed by atoms with Crippen LogP contribution in [-0.2, 0) is 17.8 Å². The van der Waals surface area contributed by atoms with Crippen LogP contribution >= 0.6 is 0 Å². The molecule has 2 aromatic rings. The third-order valence-electron chi connectivity index (χ3n) is 4.08. The minimum atomic E-state index is -0.802. The summed E-state index contributed by atoms with van der Waals surface area (Å²) < 4.78 is 5.82. The van der Waals surface area contributed by atoms with E-state index >= 15 is 0 Å². The zero-order valence-electron chi connectivity index (χ0n) is 14.5. The van der Waals surface area contributed by atoms with Crippen molar-refractivity contribution in [3.63, 3.8) is 0 Å². The van der Waals surface area contributed by atoms with Crippen molar-refractivity contribution < 1.29 is 14.6 Å². The average molecular weight is 327 g/mol. The van der Waals surface area contributed by atoms with Crippen LogP contribution in [0, 0.1) is 6.92 Å². The van der Waals surface area contributed by atoms with Crippen molar-refractivity contribution in [2.75, 3.05) is 13.6 Å². The molecule has 0 saturated carbocycles. The summed E-state index contributed by atoms with van der Waals surface area (Å²) in [7, 11) is 1.83. The molecular formula is C20H25NO3. The minimum Gasteiger partial charge on any atom is -0.489 e. The molecule has 0 radical (unpaired) electrons. The molecular weight excluding hydrogens is 302 g/mol. The van der Waals surface area contributed by atoms with E-state index in [1.807, 2.05) is 49.2 Å². The fraction of sp³-hybridized carbons (Fsp3) is 0.350. The van der Waals surface area contributed by atoms with Gasteiger partial charge in [-0.2, -0.15) is 0 Å². The molecule has 2 rings (SSSR count). The fourth-order valence-corrected chi connectivity index (χ4v) is 2.56. The molecule has 0 saturated heterocycles. The third-order valence-corrected chi connectivity index (χ3v) is 4.08. The van der Waals surface area contributed by atoms with Crippen molar-refractivity contribution in [3.05, 3.63) is 65.2 Å². The Kier molecular flexibility index (Phi) is 6.38. The van der Waals surface area contributed by atoms with E-state index in [1.165, 1.54) is 11.1 Å². The monoisotopic (exact) mass is 327 g/mol. The number of carboxylic acids is 1. The van der Waals surface area contributed by atoms with Gasteiger partial charge in [-0.05, 0) is 50.6 Å². The summed E-state index contributed by atoms with van der Waals surface area (Å²) >= 11 is 0. The molecule has 0 amide bonds.